The van der Waals surface area contributed by atoms with Crippen molar-refractivity contribution in [2.45, 2.75) is 21.9 Å². The van der Waals surface area contributed by atoms with E-state index in [0.29, 0.717) is 34.3 Å². The van der Waals surface area contributed by atoms with Gasteiger partial charge in [-0.25, -0.2) is 9.69 Å². The van der Waals surface area contributed by atoms with Crippen LogP contribution in [0.3, 0.4) is 0 Å². The molecule has 0 aliphatic carbocycles. The summed E-state index contributed by atoms with van der Waals surface area (Å²) in [7, 11) is 4.64. The van der Waals surface area contributed by atoms with Crippen LogP contribution in [0.15, 0.2) is 120 Å². The van der Waals surface area contributed by atoms with Crippen molar-refractivity contribution in [1.82, 2.24) is 9.80 Å². The number of rotatable bonds is 8. The lowest BCUT2D eigenvalue weighted by Crippen LogP contribution is -2.52. The van der Waals surface area contributed by atoms with Gasteiger partial charge in [-0.2, -0.15) is 0 Å². The zero-order chi connectivity index (χ0) is 33.7. The molecule has 8 rings (SSSR count). The second-order valence-electron chi connectivity index (χ2n) is 11.7. The zero-order valence-electron chi connectivity index (χ0n) is 27.0. The predicted molar refractivity (Wildman–Crippen MR) is 183 cm³/mol. The Morgan fingerprint density at radius 2 is 1.20 bits per heavy atom. The lowest BCUT2D eigenvalue weighted by atomic mass is 9.75. The lowest BCUT2D eigenvalue weighted by Gasteiger charge is -2.42. The second-order valence-corrected chi connectivity index (χ2v) is 12.9. The molecule has 2 atom stereocenters. The minimum Gasteiger partial charge on any atom is -0.493 e. The van der Waals surface area contributed by atoms with Gasteiger partial charge in [0.05, 0.1) is 27.4 Å². The van der Waals surface area contributed by atoms with Gasteiger partial charge < -0.3 is 23.7 Å². The molecule has 5 aromatic carbocycles. The Bertz CT molecular complexity index is 1940. The molecule has 0 N–H and O–H groups in total. The molecule has 1 saturated heterocycles. The van der Waals surface area contributed by atoms with Crippen molar-refractivity contribution in [2.24, 2.45) is 0 Å². The van der Waals surface area contributed by atoms with Crippen LogP contribution in [0.4, 0.5) is 4.79 Å². The number of hydrogen-bond acceptors (Lipinski definition) is 8. The maximum Gasteiger partial charge on any atom is 0.330 e. The zero-order valence-corrected chi connectivity index (χ0v) is 27.8. The highest BCUT2D eigenvalue weighted by Crippen LogP contribution is 2.56. The Morgan fingerprint density at radius 3 is 1.69 bits per heavy atom. The maximum absolute atomic E-state index is 15.5. The molecule has 5 aromatic rings. The minimum absolute atomic E-state index is 0.0876. The summed E-state index contributed by atoms with van der Waals surface area (Å²) >= 11 is 1.33. The summed E-state index contributed by atoms with van der Waals surface area (Å²) in [5, 5.41) is -0.903. The number of nitrogens with zero attached hydrogens (tertiary/aromatic N) is 2. The summed E-state index contributed by atoms with van der Waals surface area (Å²) in [5.41, 5.74) is 2.50. The van der Waals surface area contributed by atoms with Gasteiger partial charge in [0.15, 0.2) is 28.4 Å². The molecule has 3 aliphatic heterocycles. The van der Waals surface area contributed by atoms with E-state index < -0.39 is 23.0 Å². The minimum atomic E-state index is -1.30. The molecule has 0 bridgehead atoms. The first-order chi connectivity index (χ1) is 24.0. The molecule has 49 heavy (non-hydrogen) atoms. The van der Waals surface area contributed by atoms with Gasteiger partial charge in [0, 0.05) is 4.90 Å². The Kier molecular flexibility index (Phi) is 7.60. The molecule has 0 spiro atoms. The van der Waals surface area contributed by atoms with E-state index in [1.165, 1.54) is 16.7 Å². The monoisotopic (exact) mass is 672 g/mol. The highest BCUT2D eigenvalue weighted by atomic mass is 32.2. The molecule has 9 nitrogen and oxygen atoms in total. The van der Waals surface area contributed by atoms with E-state index in [9.17, 15) is 0 Å². The van der Waals surface area contributed by atoms with Gasteiger partial charge in [-0.1, -0.05) is 103 Å². The van der Waals surface area contributed by atoms with Crippen LogP contribution in [0.5, 0.6) is 28.7 Å². The first-order valence-corrected chi connectivity index (χ1v) is 16.6. The van der Waals surface area contributed by atoms with Crippen molar-refractivity contribution in [3.05, 3.63) is 143 Å². The van der Waals surface area contributed by atoms with E-state index in [1.807, 2.05) is 115 Å². The summed E-state index contributed by atoms with van der Waals surface area (Å²) in [5.74, 6) is 2.09. The Morgan fingerprint density at radius 1 is 0.694 bits per heavy atom. The van der Waals surface area contributed by atoms with Crippen LogP contribution in [-0.2, 0) is 10.3 Å². The quantitative estimate of drug-likeness (QED) is 0.126. The fourth-order valence-corrected chi connectivity index (χ4v) is 8.50. The standard InChI is InChI=1S/C39H32N2O7S/c1-44-31-19-24(20-32(45-2)35(31)46-3)34-28-21-29-30(48-23-47-29)22-33(28)49-37-36(42)41(38(43)40(34)37)39(25-13-7-4-8-14-25,26-15-9-5-10-16-26)27-17-11-6-12-18-27/h4-22,34,37H,23H2,1-3H3/t34-,37+/m1/s1. The van der Waals surface area contributed by atoms with Gasteiger partial charge in [-0.05, 0) is 52.1 Å². The molecule has 0 unspecified atom stereocenters. The first-order valence-electron chi connectivity index (χ1n) is 15.7. The molecule has 0 aromatic heterocycles. The molecule has 246 valence electrons. The fraction of sp³-hybridized carbons (Fsp3) is 0.179. The van der Waals surface area contributed by atoms with E-state index in [1.54, 1.807) is 26.2 Å². The van der Waals surface area contributed by atoms with Gasteiger partial charge in [-0.3, -0.25) is 9.69 Å². The normalized spacial score (nSPS) is 17.9. The van der Waals surface area contributed by atoms with E-state index in [-0.39, 0.29) is 12.7 Å². The fourth-order valence-electron chi connectivity index (χ4n) is 7.25. The summed E-state index contributed by atoms with van der Waals surface area (Å²) in [6, 6.07) is 35.4. The SMILES string of the molecule is COc1cc([C@@H]2c3cc4c(cc3S[C@H]3C(=O)N(C(c5ccccc5)(c5ccccc5)c5ccccc5)C(=O)N23)OCO4)cc(OC)c1OC. The van der Waals surface area contributed by atoms with Gasteiger partial charge in [0.2, 0.25) is 12.5 Å². The summed E-state index contributed by atoms with van der Waals surface area (Å²) in [6.45, 7) is 0.0876. The Balaban J connectivity index is 1.39. The Labute approximate surface area is 287 Å². The van der Waals surface area contributed by atoms with Crippen molar-refractivity contribution >= 4 is 23.7 Å². The molecule has 3 amide bonds. The van der Waals surface area contributed by atoms with E-state index in [0.717, 1.165) is 27.1 Å². The van der Waals surface area contributed by atoms with E-state index in [4.69, 9.17) is 23.7 Å². The number of fused-ring (bicyclic) bond motifs is 3. The number of carbonyl (C=O) groups excluding carboxylic acids is 2. The number of carbonyl (C=O) groups is 2. The average Bonchev–Trinajstić information content (AvgIpc) is 3.71. The largest absolute Gasteiger partial charge is 0.493 e. The van der Waals surface area contributed by atoms with Gasteiger partial charge in [0.25, 0.3) is 5.91 Å². The molecule has 0 radical (unpaired) electrons. The number of hydrogen-bond donors (Lipinski definition) is 0. The first kappa shape index (κ1) is 30.7. The summed E-state index contributed by atoms with van der Waals surface area (Å²) < 4.78 is 28.7. The molecular weight excluding hydrogens is 641 g/mol. The van der Waals surface area contributed by atoms with Gasteiger partial charge in [-0.15, -0.1) is 0 Å². The number of methoxy groups -OCH3 is 3. The van der Waals surface area contributed by atoms with Crippen LogP contribution in [-0.4, -0.2) is 55.2 Å². The average molecular weight is 673 g/mol. The van der Waals surface area contributed by atoms with Crippen molar-refractivity contribution in [3.63, 3.8) is 0 Å². The molecule has 0 saturated carbocycles. The van der Waals surface area contributed by atoms with Crippen molar-refractivity contribution < 1.29 is 33.3 Å². The van der Waals surface area contributed by atoms with Crippen LogP contribution in [0.1, 0.15) is 33.9 Å². The molecule has 3 aliphatic rings. The predicted octanol–water partition coefficient (Wildman–Crippen LogP) is 7.22. The number of amides is 3. The van der Waals surface area contributed by atoms with Crippen LogP contribution < -0.4 is 23.7 Å². The number of thioether (sulfide) groups is 1. The number of benzene rings is 5. The highest BCUT2D eigenvalue weighted by molar-refractivity contribution is 8.00. The topological polar surface area (TPSA) is 86.8 Å². The third kappa shape index (κ3) is 4.62. The van der Waals surface area contributed by atoms with Gasteiger partial charge in [0.1, 0.15) is 5.54 Å². The summed E-state index contributed by atoms with van der Waals surface area (Å²) in [4.78, 5) is 34.6. The van der Waals surface area contributed by atoms with Crippen LogP contribution >= 0.6 is 11.8 Å². The van der Waals surface area contributed by atoms with Crippen LogP contribution in [0, 0.1) is 0 Å². The number of urea groups is 1. The van der Waals surface area contributed by atoms with Crippen molar-refractivity contribution in [1.29, 1.82) is 0 Å². The van der Waals surface area contributed by atoms with Crippen LogP contribution in [0.2, 0.25) is 0 Å². The molecule has 1 fully saturated rings. The maximum atomic E-state index is 15.5. The van der Waals surface area contributed by atoms with Crippen molar-refractivity contribution in [3.8, 4) is 28.7 Å². The number of ether oxygens (including phenoxy) is 5. The molecule has 3 heterocycles. The van der Waals surface area contributed by atoms with E-state index in [2.05, 4.69) is 0 Å². The molecular formula is C39H32N2O7S. The second kappa shape index (κ2) is 12.1. The van der Waals surface area contributed by atoms with Crippen molar-refractivity contribution in [2.75, 3.05) is 28.1 Å². The molecule has 10 heteroatoms. The van der Waals surface area contributed by atoms with Crippen LogP contribution in [0.25, 0.3) is 0 Å². The highest BCUT2D eigenvalue weighted by Gasteiger charge is 2.60. The van der Waals surface area contributed by atoms with E-state index >= 15 is 9.59 Å². The lowest BCUT2D eigenvalue weighted by molar-refractivity contribution is -0.129. The third-order valence-electron chi connectivity index (χ3n) is 9.33. The third-order valence-corrected chi connectivity index (χ3v) is 10.6. The smallest absolute Gasteiger partial charge is 0.330 e. The summed E-state index contributed by atoms with van der Waals surface area (Å²) in [6.07, 6.45) is 0. The number of imide groups is 1. The van der Waals surface area contributed by atoms with Gasteiger partial charge >= 0.3 is 6.03 Å². The Hall–Kier alpha value is -5.61.